The van der Waals surface area contributed by atoms with E-state index in [0.29, 0.717) is 22.2 Å². The van der Waals surface area contributed by atoms with Gasteiger partial charge < -0.3 is 15.4 Å². The summed E-state index contributed by atoms with van der Waals surface area (Å²) in [5.41, 5.74) is 0.905. The number of hydrogen-bond acceptors (Lipinski definition) is 5. The number of nitrogens with one attached hydrogen (secondary N) is 2. The van der Waals surface area contributed by atoms with Crippen LogP contribution in [0, 0.1) is 0 Å². The topological polar surface area (TPSA) is 98.1 Å². The van der Waals surface area contributed by atoms with Gasteiger partial charge >= 0.3 is 6.18 Å². The molecule has 0 spiro atoms. The zero-order chi connectivity index (χ0) is 25.9. The Morgan fingerprint density at radius 2 is 1.92 bits per heavy atom. The van der Waals surface area contributed by atoms with E-state index in [0.717, 1.165) is 12.3 Å². The molecule has 36 heavy (non-hydrogen) atoms. The van der Waals surface area contributed by atoms with Gasteiger partial charge in [-0.1, -0.05) is 23.7 Å². The first-order valence-corrected chi connectivity index (χ1v) is 10.9. The Morgan fingerprint density at radius 1 is 1.11 bits per heavy atom. The van der Waals surface area contributed by atoms with Crippen LogP contribution in [0.5, 0.6) is 0 Å². The van der Waals surface area contributed by atoms with Crippen LogP contribution in [0.25, 0.3) is 16.6 Å². The van der Waals surface area contributed by atoms with Crippen LogP contribution < -0.4 is 10.6 Å². The summed E-state index contributed by atoms with van der Waals surface area (Å²) in [5, 5.41) is 10.3. The van der Waals surface area contributed by atoms with Crippen LogP contribution in [0.2, 0.25) is 5.02 Å². The first-order valence-electron chi connectivity index (χ1n) is 10.5. The fraction of sp³-hybridized carbons (Fsp3) is 0.167. The number of benzene rings is 2. The molecule has 0 aliphatic carbocycles. The zero-order valence-corrected chi connectivity index (χ0v) is 19.5. The lowest BCUT2D eigenvalue weighted by atomic mass is 10.1. The summed E-state index contributed by atoms with van der Waals surface area (Å²) in [4.78, 5) is 28.3. The van der Waals surface area contributed by atoms with Crippen LogP contribution in [0.4, 0.5) is 18.9 Å². The highest BCUT2D eigenvalue weighted by Gasteiger charge is 2.31. The molecule has 2 N–H and O–H groups in total. The Bertz CT molecular complexity index is 1440. The van der Waals surface area contributed by atoms with E-state index >= 15 is 0 Å². The molecule has 0 fully saturated rings. The molecule has 2 aromatic carbocycles. The lowest BCUT2D eigenvalue weighted by Crippen LogP contribution is -2.26. The van der Waals surface area contributed by atoms with Gasteiger partial charge in [-0.3, -0.25) is 14.6 Å². The molecule has 8 nitrogen and oxygen atoms in total. The number of pyridine rings is 1. The molecular formula is C24H19ClF3N5O3. The second-order valence-electron chi connectivity index (χ2n) is 7.70. The Kier molecular flexibility index (Phi) is 7.22. The van der Waals surface area contributed by atoms with Crippen molar-refractivity contribution in [3.63, 3.8) is 0 Å². The highest BCUT2D eigenvalue weighted by molar-refractivity contribution is 6.34. The third-order valence-electron chi connectivity index (χ3n) is 5.20. The van der Waals surface area contributed by atoms with Gasteiger partial charge in [0.2, 0.25) is 5.91 Å². The van der Waals surface area contributed by atoms with Crippen LogP contribution in [-0.2, 0) is 22.3 Å². The number of aromatic nitrogens is 3. The van der Waals surface area contributed by atoms with Crippen LogP contribution in [0.15, 0.2) is 61.1 Å². The molecule has 0 saturated carbocycles. The van der Waals surface area contributed by atoms with Gasteiger partial charge in [0.1, 0.15) is 6.61 Å². The monoisotopic (exact) mass is 517 g/mol. The molecule has 4 aromatic rings. The van der Waals surface area contributed by atoms with Gasteiger partial charge in [0.15, 0.2) is 0 Å². The van der Waals surface area contributed by atoms with E-state index in [2.05, 4.69) is 20.7 Å². The molecule has 186 valence electrons. The number of hydrogen-bond donors (Lipinski definition) is 2. The Hall–Kier alpha value is -3.96. The van der Waals surface area contributed by atoms with E-state index < -0.39 is 17.6 Å². The summed E-state index contributed by atoms with van der Waals surface area (Å²) >= 11 is 6.24. The Morgan fingerprint density at radius 3 is 2.67 bits per heavy atom. The van der Waals surface area contributed by atoms with Gasteiger partial charge in [-0.2, -0.15) is 18.3 Å². The summed E-state index contributed by atoms with van der Waals surface area (Å²) in [6.45, 7) is 0.0855. The number of fused-ring (bicyclic) bond motifs is 1. The molecule has 2 aromatic heterocycles. The minimum Gasteiger partial charge on any atom is -0.375 e. The quantitative estimate of drug-likeness (QED) is 0.373. The molecule has 2 heterocycles. The Balaban J connectivity index is 1.60. The molecular weight excluding hydrogens is 499 g/mol. The van der Waals surface area contributed by atoms with Crippen LogP contribution in [0.3, 0.4) is 0 Å². The first-order chi connectivity index (χ1) is 17.2. The average molecular weight is 518 g/mol. The fourth-order valence-electron chi connectivity index (χ4n) is 3.49. The zero-order valence-electron chi connectivity index (χ0n) is 18.8. The van der Waals surface area contributed by atoms with Gasteiger partial charge in [-0.25, -0.2) is 4.68 Å². The summed E-state index contributed by atoms with van der Waals surface area (Å²) in [7, 11) is 1.41. The summed E-state index contributed by atoms with van der Waals surface area (Å²) in [6, 6.07) is 10.7. The van der Waals surface area contributed by atoms with Crippen molar-refractivity contribution in [3.8, 4) is 5.69 Å². The lowest BCUT2D eigenvalue weighted by molar-refractivity contribution is -0.137. The number of anilines is 1. The van der Waals surface area contributed by atoms with Gasteiger partial charge in [0.25, 0.3) is 5.91 Å². The molecule has 4 rings (SSSR count). The lowest BCUT2D eigenvalue weighted by Gasteiger charge is -2.11. The molecule has 0 bridgehead atoms. The Labute approximate surface area is 208 Å². The number of carbonyl (C=O) groups excluding carboxylic acids is 2. The van der Waals surface area contributed by atoms with E-state index in [9.17, 15) is 22.8 Å². The van der Waals surface area contributed by atoms with E-state index in [4.69, 9.17) is 16.3 Å². The van der Waals surface area contributed by atoms with Crippen molar-refractivity contribution in [1.82, 2.24) is 20.1 Å². The number of halogens is 4. The normalized spacial score (nSPS) is 11.5. The van der Waals surface area contributed by atoms with Crippen molar-refractivity contribution >= 4 is 40.0 Å². The minimum absolute atomic E-state index is 0.0881. The van der Waals surface area contributed by atoms with Crippen molar-refractivity contribution in [2.75, 3.05) is 19.0 Å². The van der Waals surface area contributed by atoms with Crippen molar-refractivity contribution in [1.29, 1.82) is 0 Å². The number of carbonyl (C=O) groups is 2. The van der Waals surface area contributed by atoms with E-state index in [-0.39, 0.29) is 35.3 Å². The third kappa shape index (κ3) is 5.47. The SMILES string of the molecule is COCC(=O)NCc1ccc(Cl)c(C(=O)Nc2cccc3c2cnn3-c2cncc(C(F)(F)F)c2)c1. The smallest absolute Gasteiger partial charge is 0.375 e. The minimum atomic E-state index is -4.55. The summed E-state index contributed by atoms with van der Waals surface area (Å²) in [5.74, 6) is -0.816. The number of rotatable bonds is 7. The van der Waals surface area contributed by atoms with E-state index in [1.807, 2.05) is 0 Å². The number of amides is 2. The number of alkyl halides is 3. The summed E-state index contributed by atoms with van der Waals surface area (Å²) in [6.07, 6.45) is -1.11. The maximum absolute atomic E-state index is 13.1. The third-order valence-corrected chi connectivity index (χ3v) is 5.53. The van der Waals surface area contributed by atoms with Crippen LogP contribution >= 0.6 is 11.6 Å². The second-order valence-corrected chi connectivity index (χ2v) is 8.11. The number of nitrogens with zero attached hydrogens (tertiary/aromatic N) is 3. The predicted molar refractivity (Wildman–Crippen MR) is 127 cm³/mol. The number of methoxy groups -OCH3 is 1. The second kappa shape index (κ2) is 10.3. The van der Waals surface area contributed by atoms with Crippen molar-refractivity contribution in [3.05, 3.63) is 82.8 Å². The largest absolute Gasteiger partial charge is 0.417 e. The summed E-state index contributed by atoms with van der Waals surface area (Å²) < 4.78 is 45.4. The molecule has 0 unspecified atom stereocenters. The van der Waals surface area contributed by atoms with E-state index in [1.54, 1.807) is 36.4 Å². The van der Waals surface area contributed by atoms with Gasteiger partial charge in [-0.15, -0.1) is 0 Å². The standard InChI is InChI=1S/C24H19ClF3N5O3/c1-36-13-22(34)30-9-14-5-6-19(25)17(7-14)23(35)32-20-3-2-4-21-18(20)12-31-33(21)16-8-15(10-29-11-16)24(26,27)28/h2-8,10-12H,9,13H2,1H3,(H,30,34)(H,32,35). The van der Waals surface area contributed by atoms with Gasteiger partial charge in [0.05, 0.1) is 45.4 Å². The van der Waals surface area contributed by atoms with Crippen LogP contribution in [0.1, 0.15) is 21.5 Å². The predicted octanol–water partition coefficient (Wildman–Crippen LogP) is 4.61. The fourth-order valence-corrected chi connectivity index (χ4v) is 3.70. The van der Waals surface area contributed by atoms with Crippen molar-refractivity contribution in [2.24, 2.45) is 0 Å². The first kappa shape index (κ1) is 25.1. The van der Waals surface area contributed by atoms with E-state index in [1.165, 1.54) is 24.2 Å². The van der Waals surface area contributed by atoms with Crippen molar-refractivity contribution in [2.45, 2.75) is 12.7 Å². The maximum atomic E-state index is 13.1. The highest BCUT2D eigenvalue weighted by atomic mass is 35.5. The van der Waals surface area contributed by atoms with Gasteiger partial charge in [0, 0.05) is 25.2 Å². The molecule has 0 radical (unpaired) electrons. The number of ether oxygens (including phenoxy) is 1. The van der Waals surface area contributed by atoms with Crippen molar-refractivity contribution < 1.29 is 27.5 Å². The highest BCUT2D eigenvalue weighted by Crippen LogP contribution is 2.31. The van der Waals surface area contributed by atoms with Crippen LogP contribution in [-0.4, -0.2) is 40.3 Å². The molecule has 0 saturated heterocycles. The molecule has 12 heteroatoms. The average Bonchev–Trinajstić information content (AvgIpc) is 3.28. The molecule has 0 aliphatic heterocycles. The van der Waals surface area contributed by atoms with Gasteiger partial charge in [-0.05, 0) is 35.9 Å². The maximum Gasteiger partial charge on any atom is 0.417 e. The molecule has 0 atom stereocenters. The molecule has 0 aliphatic rings. The molecule has 2 amide bonds.